The van der Waals surface area contributed by atoms with Crippen LogP contribution in [0.1, 0.15) is 28.4 Å². The highest BCUT2D eigenvalue weighted by molar-refractivity contribution is 6.06. The number of para-hydroxylation sites is 1. The van der Waals surface area contributed by atoms with E-state index in [1.165, 1.54) is 21.3 Å². The highest BCUT2D eigenvalue weighted by Crippen LogP contribution is 2.36. The molecule has 3 aromatic rings. The van der Waals surface area contributed by atoms with Crippen molar-refractivity contribution in [3.05, 3.63) is 84.5 Å². The maximum absolute atomic E-state index is 13.5. The third-order valence-corrected chi connectivity index (χ3v) is 6.45. The van der Waals surface area contributed by atoms with E-state index in [9.17, 15) is 24.5 Å². The van der Waals surface area contributed by atoms with Crippen molar-refractivity contribution in [3.63, 3.8) is 0 Å². The van der Waals surface area contributed by atoms with Gasteiger partial charge in [0.15, 0.2) is 0 Å². The third kappa shape index (κ3) is 2.96. The van der Waals surface area contributed by atoms with Crippen LogP contribution >= 0.6 is 0 Å². The second-order valence-electron chi connectivity index (χ2n) is 8.30. The Morgan fingerprint density at radius 2 is 1.87 bits per heavy atom. The molecule has 0 unspecified atom stereocenters. The normalized spacial score (nSPS) is 19.8. The van der Waals surface area contributed by atoms with E-state index in [2.05, 4.69) is 0 Å². The molecule has 2 atom stereocenters. The molecule has 0 radical (unpaired) electrons. The smallest absolute Gasteiger partial charge is 0.334 e. The molecule has 9 nitrogen and oxygen atoms in total. The molecule has 2 aliphatic heterocycles. The number of pyridine rings is 2. The summed E-state index contributed by atoms with van der Waals surface area (Å²) in [4.78, 5) is 50.6. The Hall–Kier alpha value is -3.75. The predicted octanol–water partition coefficient (Wildman–Crippen LogP) is 1.87. The quantitative estimate of drug-likeness (QED) is 0.465. The van der Waals surface area contributed by atoms with Gasteiger partial charge in [-0.15, -0.1) is 0 Å². The summed E-state index contributed by atoms with van der Waals surface area (Å²) in [6, 6.07) is 11.6. The summed E-state index contributed by atoms with van der Waals surface area (Å²) in [6.07, 6.45) is 0.818. The lowest BCUT2D eigenvalue weighted by Gasteiger charge is -2.42. The Morgan fingerprint density at radius 3 is 2.65 bits per heavy atom. The van der Waals surface area contributed by atoms with Gasteiger partial charge in [-0.1, -0.05) is 18.2 Å². The zero-order valence-electron chi connectivity index (χ0n) is 16.9. The monoisotopic (exact) mass is 420 g/mol. The number of hydrogen-bond donors (Lipinski definition) is 0. The predicted molar refractivity (Wildman–Crippen MR) is 113 cm³/mol. The number of benzene rings is 1. The lowest BCUT2D eigenvalue weighted by atomic mass is 9.82. The van der Waals surface area contributed by atoms with Crippen LogP contribution in [-0.4, -0.2) is 38.0 Å². The Balaban J connectivity index is 1.53. The van der Waals surface area contributed by atoms with Gasteiger partial charge in [-0.3, -0.25) is 24.5 Å². The Bertz CT molecular complexity index is 1370. The highest BCUT2D eigenvalue weighted by Gasteiger charge is 2.38. The van der Waals surface area contributed by atoms with Gasteiger partial charge in [0.25, 0.3) is 11.5 Å². The number of likely N-dealkylation sites (tertiary alicyclic amines) is 1. The first-order valence-electron chi connectivity index (χ1n) is 10.1. The summed E-state index contributed by atoms with van der Waals surface area (Å²) >= 11 is 0. The molecule has 4 heterocycles. The minimum absolute atomic E-state index is 0.0210. The van der Waals surface area contributed by atoms with Crippen LogP contribution < -0.4 is 11.1 Å². The van der Waals surface area contributed by atoms with Crippen LogP contribution in [-0.2, 0) is 13.6 Å². The maximum atomic E-state index is 13.5. The first-order chi connectivity index (χ1) is 14.8. The number of carbonyl (C=O) groups is 1. The summed E-state index contributed by atoms with van der Waals surface area (Å²) in [6.45, 7) is 1.18. The molecule has 1 saturated heterocycles. The van der Waals surface area contributed by atoms with E-state index in [1.807, 2.05) is 24.3 Å². The van der Waals surface area contributed by atoms with E-state index in [0.29, 0.717) is 30.7 Å². The summed E-state index contributed by atoms with van der Waals surface area (Å²) in [5.74, 6) is -0.267. The number of amides is 1. The van der Waals surface area contributed by atoms with Gasteiger partial charge in [-0.25, -0.2) is 0 Å². The first kappa shape index (κ1) is 19.2. The van der Waals surface area contributed by atoms with Crippen LogP contribution in [0.15, 0.2) is 52.1 Å². The molecule has 2 bridgehead atoms. The summed E-state index contributed by atoms with van der Waals surface area (Å²) in [5.41, 5.74) is 0.527. The number of fused-ring (bicyclic) bond motifs is 5. The van der Waals surface area contributed by atoms with Crippen LogP contribution in [0.25, 0.3) is 10.9 Å². The van der Waals surface area contributed by atoms with Gasteiger partial charge in [-0.05, 0) is 24.5 Å². The molecule has 0 saturated carbocycles. The Morgan fingerprint density at radius 1 is 1.10 bits per heavy atom. The topological polar surface area (TPSA) is 107 Å². The SMILES string of the molecule is Cn1c(=O)cc(C(=O)N2C[C@@H]3C[C@@H](C2)c2ccc([N+](=O)[O-])c(=O)n2C3)c2ccccc21. The Labute approximate surface area is 176 Å². The van der Waals surface area contributed by atoms with E-state index < -0.39 is 16.2 Å². The van der Waals surface area contributed by atoms with Crippen molar-refractivity contribution in [3.8, 4) is 0 Å². The standard InChI is InChI=1S/C22H20N4O5/c1-23-18-5-3-2-4-15(18)16(9-20(23)27)21(28)24-10-13-8-14(12-24)17-6-7-19(26(30)31)22(29)25(17)11-13/h2-7,9,13-14H,8,10-12H2,1H3/t13-,14-/m0/s1. The molecule has 5 rings (SSSR count). The second kappa shape index (κ2) is 6.90. The highest BCUT2D eigenvalue weighted by atomic mass is 16.6. The van der Waals surface area contributed by atoms with E-state index in [1.54, 1.807) is 18.0 Å². The molecular weight excluding hydrogens is 400 g/mol. The van der Waals surface area contributed by atoms with Crippen molar-refractivity contribution in [2.75, 3.05) is 13.1 Å². The molecular formula is C22H20N4O5. The molecule has 2 aromatic heterocycles. The average Bonchev–Trinajstić information content (AvgIpc) is 2.76. The number of carbonyl (C=O) groups excluding carboxylic acids is 1. The fourth-order valence-corrected chi connectivity index (χ4v) is 5.00. The largest absolute Gasteiger partial charge is 0.338 e. The van der Waals surface area contributed by atoms with Crippen molar-refractivity contribution in [2.24, 2.45) is 13.0 Å². The first-order valence-corrected chi connectivity index (χ1v) is 10.1. The molecule has 158 valence electrons. The molecule has 9 heteroatoms. The summed E-state index contributed by atoms with van der Waals surface area (Å²) in [7, 11) is 1.68. The van der Waals surface area contributed by atoms with E-state index >= 15 is 0 Å². The van der Waals surface area contributed by atoms with Gasteiger partial charge in [0.05, 0.1) is 16.0 Å². The van der Waals surface area contributed by atoms with Gasteiger partial charge in [0.2, 0.25) is 0 Å². The fraction of sp³-hybridized carbons (Fsp3) is 0.318. The number of aryl methyl sites for hydroxylation is 1. The van der Waals surface area contributed by atoms with Crippen molar-refractivity contribution >= 4 is 22.5 Å². The van der Waals surface area contributed by atoms with Crippen molar-refractivity contribution in [1.82, 2.24) is 14.0 Å². The molecule has 0 N–H and O–H groups in total. The van der Waals surface area contributed by atoms with Crippen LogP contribution in [0.3, 0.4) is 0 Å². The van der Waals surface area contributed by atoms with Gasteiger partial charge < -0.3 is 14.0 Å². The van der Waals surface area contributed by atoms with Gasteiger partial charge in [0, 0.05) is 55.8 Å². The molecule has 0 aliphatic carbocycles. The van der Waals surface area contributed by atoms with Gasteiger partial charge in [0.1, 0.15) is 0 Å². The molecule has 1 aromatic carbocycles. The van der Waals surface area contributed by atoms with Crippen LogP contribution in [0, 0.1) is 16.0 Å². The second-order valence-corrected chi connectivity index (χ2v) is 8.30. The maximum Gasteiger partial charge on any atom is 0.334 e. The lowest BCUT2D eigenvalue weighted by Crippen LogP contribution is -2.49. The van der Waals surface area contributed by atoms with Crippen molar-refractivity contribution in [1.29, 1.82) is 0 Å². The minimum atomic E-state index is -0.656. The van der Waals surface area contributed by atoms with Crippen LogP contribution in [0.5, 0.6) is 0 Å². The van der Waals surface area contributed by atoms with Gasteiger partial charge in [-0.2, -0.15) is 0 Å². The third-order valence-electron chi connectivity index (χ3n) is 6.45. The van der Waals surface area contributed by atoms with Gasteiger partial charge >= 0.3 is 11.2 Å². The lowest BCUT2D eigenvalue weighted by molar-refractivity contribution is -0.386. The number of piperidine rings is 1. The molecule has 0 spiro atoms. The Kier molecular flexibility index (Phi) is 4.28. The number of aromatic nitrogens is 2. The van der Waals surface area contributed by atoms with E-state index in [0.717, 1.165) is 17.5 Å². The number of nitrogens with zero attached hydrogens (tertiary/aromatic N) is 4. The molecule has 2 aliphatic rings. The summed E-state index contributed by atoms with van der Waals surface area (Å²) in [5, 5.41) is 11.8. The number of nitro groups is 1. The van der Waals surface area contributed by atoms with Crippen LogP contribution in [0.4, 0.5) is 5.69 Å². The number of hydrogen-bond acceptors (Lipinski definition) is 5. The van der Waals surface area contributed by atoms with Crippen LogP contribution in [0.2, 0.25) is 0 Å². The molecule has 1 fully saturated rings. The average molecular weight is 420 g/mol. The van der Waals surface area contributed by atoms with Crippen molar-refractivity contribution < 1.29 is 9.72 Å². The number of rotatable bonds is 2. The zero-order valence-corrected chi connectivity index (χ0v) is 16.9. The van der Waals surface area contributed by atoms with Crippen molar-refractivity contribution in [2.45, 2.75) is 18.9 Å². The molecule has 1 amide bonds. The summed E-state index contributed by atoms with van der Waals surface area (Å²) < 4.78 is 3.01. The zero-order chi connectivity index (χ0) is 21.9. The molecule has 31 heavy (non-hydrogen) atoms. The minimum Gasteiger partial charge on any atom is -0.338 e. The fourth-order valence-electron chi connectivity index (χ4n) is 5.00. The van der Waals surface area contributed by atoms with E-state index in [-0.39, 0.29) is 23.3 Å². The van der Waals surface area contributed by atoms with E-state index in [4.69, 9.17) is 0 Å².